The van der Waals surface area contributed by atoms with Gasteiger partial charge in [0.05, 0.1) is 6.54 Å². The van der Waals surface area contributed by atoms with Crippen molar-refractivity contribution in [2.75, 3.05) is 0 Å². The highest BCUT2D eigenvalue weighted by Gasteiger charge is 2.16. The monoisotopic (exact) mass is 272 g/mol. The maximum atomic E-state index is 5.33. The first kappa shape index (κ1) is 13.2. The highest BCUT2D eigenvalue weighted by Crippen LogP contribution is 2.21. The van der Waals surface area contributed by atoms with Crippen molar-refractivity contribution in [1.82, 2.24) is 20.4 Å². The first-order chi connectivity index (χ1) is 9.86. The van der Waals surface area contributed by atoms with Crippen LogP contribution < -0.4 is 5.32 Å². The van der Waals surface area contributed by atoms with Crippen LogP contribution in [0.3, 0.4) is 0 Å². The van der Waals surface area contributed by atoms with Gasteiger partial charge in [0, 0.05) is 24.0 Å². The lowest BCUT2D eigenvalue weighted by atomic mass is 10.1. The van der Waals surface area contributed by atoms with E-state index < -0.39 is 0 Å². The summed E-state index contributed by atoms with van der Waals surface area (Å²) in [6.07, 6.45) is 9.70. The van der Waals surface area contributed by atoms with Gasteiger partial charge < -0.3 is 9.84 Å². The summed E-state index contributed by atoms with van der Waals surface area (Å²) in [5.41, 5.74) is 2.15. The molecule has 0 saturated heterocycles. The van der Waals surface area contributed by atoms with E-state index in [1.165, 1.54) is 25.7 Å². The van der Waals surface area contributed by atoms with E-state index in [1.807, 2.05) is 12.3 Å². The van der Waals surface area contributed by atoms with Gasteiger partial charge in [0.2, 0.25) is 11.7 Å². The van der Waals surface area contributed by atoms with Gasteiger partial charge in [-0.15, -0.1) is 0 Å². The molecule has 0 bridgehead atoms. The number of nitrogens with one attached hydrogen (secondary N) is 1. The summed E-state index contributed by atoms with van der Waals surface area (Å²) in [4.78, 5) is 8.62. The summed E-state index contributed by atoms with van der Waals surface area (Å²) in [6.45, 7) is 2.76. The fraction of sp³-hybridized carbons (Fsp3) is 0.533. The van der Waals surface area contributed by atoms with Gasteiger partial charge in [0.15, 0.2) is 0 Å². The zero-order valence-electron chi connectivity index (χ0n) is 11.8. The van der Waals surface area contributed by atoms with E-state index in [9.17, 15) is 0 Å². The van der Waals surface area contributed by atoms with Crippen molar-refractivity contribution in [2.24, 2.45) is 0 Å². The summed E-state index contributed by atoms with van der Waals surface area (Å²) >= 11 is 0. The van der Waals surface area contributed by atoms with Crippen LogP contribution in [0.15, 0.2) is 23.0 Å². The Morgan fingerprint density at radius 1 is 1.35 bits per heavy atom. The standard InChI is InChI=1S/C15H20N4O/c1-2-11-9-16-8-7-13(11)15-18-14(20-19-15)10-17-12-5-3-4-6-12/h7-9,12,17H,2-6,10H2,1H3. The Kier molecular flexibility index (Phi) is 4.06. The van der Waals surface area contributed by atoms with Gasteiger partial charge in [-0.25, -0.2) is 0 Å². The predicted octanol–water partition coefficient (Wildman–Crippen LogP) is 2.73. The lowest BCUT2D eigenvalue weighted by molar-refractivity contribution is 0.357. The maximum absolute atomic E-state index is 5.33. The van der Waals surface area contributed by atoms with Gasteiger partial charge in [0.25, 0.3) is 0 Å². The SMILES string of the molecule is CCc1cnccc1-c1noc(CNC2CCCC2)n1. The van der Waals surface area contributed by atoms with Gasteiger partial charge in [0.1, 0.15) is 0 Å². The second kappa shape index (κ2) is 6.13. The molecule has 0 atom stereocenters. The Hall–Kier alpha value is -1.75. The molecule has 1 aliphatic rings. The van der Waals surface area contributed by atoms with Crippen LogP contribution in [0.25, 0.3) is 11.4 Å². The second-order valence-corrected chi connectivity index (χ2v) is 5.26. The normalized spacial score (nSPS) is 15.8. The Morgan fingerprint density at radius 3 is 3.00 bits per heavy atom. The molecular weight excluding hydrogens is 252 g/mol. The minimum absolute atomic E-state index is 0.609. The third-order valence-electron chi connectivity index (χ3n) is 3.89. The minimum atomic E-state index is 0.609. The Labute approximate surface area is 118 Å². The molecule has 1 fully saturated rings. The van der Waals surface area contributed by atoms with Gasteiger partial charge in [-0.1, -0.05) is 24.9 Å². The molecule has 20 heavy (non-hydrogen) atoms. The number of hydrogen-bond donors (Lipinski definition) is 1. The number of aryl methyl sites for hydroxylation is 1. The van der Waals surface area contributed by atoms with Crippen LogP contribution in [0, 0.1) is 0 Å². The summed E-state index contributed by atoms with van der Waals surface area (Å²) in [5.74, 6) is 1.32. The molecule has 0 amide bonds. The first-order valence-corrected chi connectivity index (χ1v) is 7.36. The number of pyridine rings is 1. The molecule has 2 aromatic rings. The topological polar surface area (TPSA) is 63.8 Å². The van der Waals surface area contributed by atoms with E-state index in [2.05, 4.69) is 27.4 Å². The average molecular weight is 272 g/mol. The quantitative estimate of drug-likeness (QED) is 0.906. The molecule has 2 heterocycles. The molecule has 0 radical (unpaired) electrons. The molecule has 1 N–H and O–H groups in total. The summed E-state index contributed by atoms with van der Waals surface area (Å²) < 4.78 is 5.33. The average Bonchev–Trinajstić information content (AvgIpc) is 3.16. The molecule has 1 aliphatic carbocycles. The van der Waals surface area contributed by atoms with E-state index in [1.54, 1.807) is 6.20 Å². The van der Waals surface area contributed by atoms with Crippen molar-refractivity contribution in [1.29, 1.82) is 0 Å². The van der Waals surface area contributed by atoms with Crippen molar-refractivity contribution in [3.05, 3.63) is 29.9 Å². The largest absolute Gasteiger partial charge is 0.338 e. The van der Waals surface area contributed by atoms with Crippen molar-refractivity contribution >= 4 is 0 Å². The van der Waals surface area contributed by atoms with Crippen LogP contribution in [-0.4, -0.2) is 21.2 Å². The maximum Gasteiger partial charge on any atom is 0.240 e. The number of nitrogens with zero attached hydrogens (tertiary/aromatic N) is 3. The summed E-state index contributed by atoms with van der Waals surface area (Å²) in [6, 6.07) is 2.55. The molecule has 0 spiro atoms. The molecule has 5 heteroatoms. The van der Waals surface area contributed by atoms with Crippen molar-refractivity contribution < 1.29 is 4.52 Å². The van der Waals surface area contributed by atoms with Crippen LogP contribution in [0.5, 0.6) is 0 Å². The van der Waals surface area contributed by atoms with Crippen molar-refractivity contribution in [3.8, 4) is 11.4 Å². The van der Waals surface area contributed by atoms with Crippen LogP contribution in [0.4, 0.5) is 0 Å². The number of rotatable bonds is 5. The van der Waals surface area contributed by atoms with Crippen LogP contribution in [-0.2, 0) is 13.0 Å². The molecule has 3 rings (SSSR count). The molecule has 2 aromatic heterocycles. The predicted molar refractivity (Wildman–Crippen MR) is 76.0 cm³/mol. The highest BCUT2D eigenvalue weighted by atomic mass is 16.5. The third kappa shape index (κ3) is 2.88. The first-order valence-electron chi connectivity index (χ1n) is 7.36. The van der Waals surface area contributed by atoms with Gasteiger partial charge >= 0.3 is 0 Å². The van der Waals surface area contributed by atoms with Crippen molar-refractivity contribution in [3.63, 3.8) is 0 Å². The molecule has 106 valence electrons. The highest BCUT2D eigenvalue weighted by molar-refractivity contribution is 5.58. The smallest absolute Gasteiger partial charge is 0.240 e. The van der Waals surface area contributed by atoms with Crippen LogP contribution in [0.1, 0.15) is 44.1 Å². The zero-order valence-corrected chi connectivity index (χ0v) is 11.8. The molecule has 0 unspecified atom stereocenters. The zero-order chi connectivity index (χ0) is 13.8. The van der Waals surface area contributed by atoms with Gasteiger partial charge in [-0.3, -0.25) is 4.98 Å². The Balaban J connectivity index is 1.69. The number of aromatic nitrogens is 3. The van der Waals surface area contributed by atoms with E-state index in [0.717, 1.165) is 17.5 Å². The number of hydrogen-bond acceptors (Lipinski definition) is 5. The fourth-order valence-electron chi connectivity index (χ4n) is 2.72. The van der Waals surface area contributed by atoms with Crippen molar-refractivity contribution in [2.45, 2.75) is 51.6 Å². The lowest BCUT2D eigenvalue weighted by Gasteiger charge is -2.08. The summed E-state index contributed by atoms with van der Waals surface area (Å²) in [5, 5.41) is 7.57. The van der Waals surface area contributed by atoms with Crippen LogP contribution >= 0.6 is 0 Å². The Bertz CT molecular complexity index is 561. The molecule has 0 aromatic carbocycles. The van der Waals surface area contributed by atoms with E-state index in [4.69, 9.17) is 4.52 Å². The molecule has 0 aliphatic heterocycles. The van der Waals surface area contributed by atoms with E-state index >= 15 is 0 Å². The second-order valence-electron chi connectivity index (χ2n) is 5.26. The molecule has 5 nitrogen and oxygen atoms in total. The molecular formula is C15H20N4O. The molecule has 1 saturated carbocycles. The van der Waals surface area contributed by atoms with Gasteiger partial charge in [-0.2, -0.15) is 4.98 Å². The minimum Gasteiger partial charge on any atom is -0.338 e. The third-order valence-corrected chi connectivity index (χ3v) is 3.89. The Morgan fingerprint density at radius 2 is 2.20 bits per heavy atom. The van der Waals surface area contributed by atoms with Crippen LogP contribution in [0.2, 0.25) is 0 Å². The fourth-order valence-corrected chi connectivity index (χ4v) is 2.72. The van der Waals surface area contributed by atoms with Gasteiger partial charge in [-0.05, 0) is 30.9 Å². The van der Waals surface area contributed by atoms with E-state index in [0.29, 0.717) is 24.3 Å². The lowest BCUT2D eigenvalue weighted by Crippen LogP contribution is -2.25. The van der Waals surface area contributed by atoms with E-state index in [-0.39, 0.29) is 0 Å². The summed E-state index contributed by atoms with van der Waals surface area (Å²) in [7, 11) is 0.